The van der Waals surface area contributed by atoms with Gasteiger partial charge < -0.3 is 0 Å². The molecule has 0 aromatic rings. The summed E-state index contributed by atoms with van der Waals surface area (Å²) in [7, 11) is 0. The summed E-state index contributed by atoms with van der Waals surface area (Å²) in [5, 5.41) is 3.90. The minimum atomic E-state index is -0.0515. The van der Waals surface area contributed by atoms with Crippen molar-refractivity contribution >= 4 is 0 Å². The zero-order valence-corrected chi connectivity index (χ0v) is 11.6. The van der Waals surface area contributed by atoms with Gasteiger partial charge in [-0.25, -0.2) is 5.53 Å². The number of hydrogen-bond acceptors (Lipinski definition) is 2. The van der Waals surface area contributed by atoms with Crippen LogP contribution in [0.4, 0.5) is 0 Å². The SMILES string of the molecule is CC1(N=N)CCCCCCCCCCCCC1. The molecule has 1 N–H and O–H groups in total. The summed E-state index contributed by atoms with van der Waals surface area (Å²) in [6, 6.07) is 0. The van der Waals surface area contributed by atoms with E-state index in [0.717, 1.165) is 12.8 Å². The van der Waals surface area contributed by atoms with Gasteiger partial charge in [0.15, 0.2) is 0 Å². The van der Waals surface area contributed by atoms with Gasteiger partial charge in [-0.2, -0.15) is 5.11 Å². The van der Waals surface area contributed by atoms with Crippen LogP contribution in [-0.2, 0) is 0 Å². The van der Waals surface area contributed by atoms with Crippen molar-refractivity contribution in [1.29, 1.82) is 5.53 Å². The Kier molecular flexibility index (Phi) is 7.46. The summed E-state index contributed by atoms with van der Waals surface area (Å²) >= 11 is 0. The Bertz CT molecular complexity index is 187. The number of rotatable bonds is 1. The molecule has 0 radical (unpaired) electrons. The fourth-order valence-corrected chi connectivity index (χ4v) is 2.84. The van der Waals surface area contributed by atoms with Gasteiger partial charge in [0.25, 0.3) is 0 Å². The molecule has 1 fully saturated rings. The first-order valence-electron chi connectivity index (χ1n) is 7.65. The van der Waals surface area contributed by atoms with Gasteiger partial charge >= 0.3 is 0 Å². The highest BCUT2D eigenvalue weighted by Gasteiger charge is 2.22. The van der Waals surface area contributed by atoms with Gasteiger partial charge in [-0.05, 0) is 19.8 Å². The normalized spacial score (nSPS) is 24.8. The van der Waals surface area contributed by atoms with E-state index >= 15 is 0 Å². The molecule has 17 heavy (non-hydrogen) atoms. The van der Waals surface area contributed by atoms with Gasteiger partial charge in [0.2, 0.25) is 0 Å². The lowest BCUT2D eigenvalue weighted by molar-refractivity contribution is 0.343. The molecular formula is C15H30N2. The molecule has 0 amide bonds. The molecule has 0 spiro atoms. The van der Waals surface area contributed by atoms with Crippen molar-refractivity contribution in [2.75, 3.05) is 0 Å². The van der Waals surface area contributed by atoms with Crippen LogP contribution in [0.25, 0.3) is 0 Å². The summed E-state index contributed by atoms with van der Waals surface area (Å²) in [5.41, 5.74) is 7.34. The second-order valence-corrected chi connectivity index (χ2v) is 6.00. The highest BCUT2D eigenvalue weighted by atomic mass is 15.0. The molecule has 0 atom stereocenters. The average molecular weight is 238 g/mol. The molecule has 2 heteroatoms. The van der Waals surface area contributed by atoms with Crippen LogP contribution in [0, 0.1) is 5.53 Å². The summed E-state index contributed by atoms with van der Waals surface area (Å²) < 4.78 is 0. The molecule has 1 aliphatic rings. The van der Waals surface area contributed by atoms with Crippen molar-refractivity contribution in [3.8, 4) is 0 Å². The summed E-state index contributed by atoms with van der Waals surface area (Å²) in [4.78, 5) is 0. The van der Waals surface area contributed by atoms with Crippen LogP contribution in [0.3, 0.4) is 0 Å². The molecule has 0 aromatic heterocycles. The quantitative estimate of drug-likeness (QED) is 0.555. The molecule has 0 aliphatic heterocycles. The van der Waals surface area contributed by atoms with E-state index in [-0.39, 0.29) is 5.54 Å². The topological polar surface area (TPSA) is 36.2 Å². The predicted octanol–water partition coefficient (Wildman–Crippen LogP) is 5.86. The van der Waals surface area contributed by atoms with Crippen molar-refractivity contribution in [2.45, 2.75) is 95.9 Å². The Morgan fingerprint density at radius 3 is 1.24 bits per heavy atom. The second kappa shape index (κ2) is 8.66. The molecule has 100 valence electrons. The van der Waals surface area contributed by atoms with E-state index in [1.807, 2.05) is 0 Å². The smallest absolute Gasteiger partial charge is 0.0785 e. The predicted molar refractivity (Wildman–Crippen MR) is 73.6 cm³/mol. The van der Waals surface area contributed by atoms with E-state index in [2.05, 4.69) is 12.0 Å². The third kappa shape index (κ3) is 6.80. The van der Waals surface area contributed by atoms with Gasteiger partial charge in [-0.1, -0.05) is 70.6 Å². The molecule has 0 bridgehead atoms. The van der Waals surface area contributed by atoms with Crippen LogP contribution in [0.1, 0.15) is 90.4 Å². The van der Waals surface area contributed by atoms with Crippen LogP contribution >= 0.6 is 0 Å². The number of nitrogens with one attached hydrogen (secondary N) is 1. The van der Waals surface area contributed by atoms with Gasteiger partial charge in [0, 0.05) is 0 Å². The van der Waals surface area contributed by atoms with E-state index in [0.29, 0.717) is 0 Å². The fourth-order valence-electron chi connectivity index (χ4n) is 2.84. The summed E-state index contributed by atoms with van der Waals surface area (Å²) in [5.74, 6) is 0. The van der Waals surface area contributed by atoms with Crippen molar-refractivity contribution < 1.29 is 0 Å². The number of nitrogens with zero attached hydrogens (tertiary/aromatic N) is 1. The molecule has 2 nitrogen and oxygen atoms in total. The van der Waals surface area contributed by atoms with Gasteiger partial charge in [0.05, 0.1) is 5.54 Å². The standard InChI is InChI=1S/C15H30N2/c1-15(17-16)13-11-9-7-5-3-2-4-6-8-10-12-14-15/h16H,2-14H2,1H3. The van der Waals surface area contributed by atoms with Gasteiger partial charge in [-0.3, -0.25) is 0 Å². The van der Waals surface area contributed by atoms with Crippen LogP contribution in [0.5, 0.6) is 0 Å². The maximum Gasteiger partial charge on any atom is 0.0785 e. The maximum atomic E-state index is 7.39. The summed E-state index contributed by atoms with van der Waals surface area (Å²) in [6.45, 7) is 2.17. The van der Waals surface area contributed by atoms with Crippen molar-refractivity contribution in [2.24, 2.45) is 5.11 Å². The van der Waals surface area contributed by atoms with Crippen molar-refractivity contribution in [1.82, 2.24) is 0 Å². The van der Waals surface area contributed by atoms with E-state index in [1.54, 1.807) is 0 Å². The molecular weight excluding hydrogens is 208 g/mol. The van der Waals surface area contributed by atoms with E-state index in [4.69, 9.17) is 5.53 Å². The minimum Gasteiger partial charge on any atom is -0.209 e. The third-order valence-corrected chi connectivity index (χ3v) is 4.20. The first-order chi connectivity index (χ1) is 8.27. The highest BCUT2D eigenvalue weighted by molar-refractivity contribution is 4.80. The zero-order chi connectivity index (χ0) is 12.4. The van der Waals surface area contributed by atoms with Crippen LogP contribution in [-0.4, -0.2) is 5.54 Å². The fraction of sp³-hybridized carbons (Fsp3) is 1.00. The monoisotopic (exact) mass is 238 g/mol. The average Bonchev–Trinajstić information content (AvgIpc) is 2.34. The molecule has 1 aliphatic carbocycles. The first-order valence-corrected chi connectivity index (χ1v) is 7.65. The first kappa shape index (κ1) is 14.7. The van der Waals surface area contributed by atoms with Crippen molar-refractivity contribution in [3.63, 3.8) is 0 Å². The van der Waals surface area contributed by atoms with Gasteiger partial charge in [0.1, 0.15) is 0 Å². The molecule has 1 rings (SSSR count). The lowest BCUT2D eigenvalue weighted by Gasteiger charge is -2.23. The molecule has 0 heterocycles. The zero-order valence-electron chi connectivity index (χ0n) is 11.6. The van der Waals surface area contributed by atoms with Crippen LogP contribution in [0.15, 0.2) is 5.11 Å². The molecule has 0 saturated heterocycles. The van der Waals surface area contributed by atoms with Gasteiger partial charge in [-0.15, -0.1) is 0 Å². The molecule has 0 unspecified atom stereocenters. The lowest BCUT2D eigenvalue weighted by atomic mass is 9.88. The van der Waals surface area contributed by atoms with E-state index in [9.17, 15) is 0 Å². The van der Waals surface area contributed by atoms with Crippen LogP contribution < -0.4 is 0 Å². The molecule has 1 saturated carbocycles. The third-order valence-electron chi connectivity index (χ3n) is 4.20. The molecule has 0 aromatic carbocycles. The Hall–Kier alpha value is -0.400. The van der Waals surface area contributed by atoms with Crippen molar-refractivity contribution in [3.05, 3.63) is 0 Å². The Morgan fingerprint density at radius 2 is 0.941 bits per heavy atom. The summed E-state index contributed by atoms with van der Waals surface area (Å²) in [6.07, 6.45) is 17.3. The second-order valence-electron chi connectivity index (χ2n) is 6.00. The Labute approximate surface area is 107 Å². The Balaban J connectivity index is 2.32. The van der Waals surface area contributed by atoms with Crippen LogP contribution in [0.2, 0.25) is 0 Å². The maximum absolute atomic E-state index is 7.39. The lowest BCUT2D eigenvalue weighted by Crippen LogP contribution is -2.21. The number of hydrogen-bond donors (Lipinski definition) is 1. The minimum absolute atomic E-state index is 0.0515. The highest BCUT2D eigenvalue weighted by Crippen LogP contribution is 2.27. The Morgan fingerprint density at radius 1 is 0.647 bits per heavy atom. The van der Waals surface area contributed by atoms with E-state index in [1.165, 1.54) is 70.6 Å². The van der Waals surface area contributed by atoms with E-state index < -0.39 is 0 Å². The largest absolute Gasteiger partial charge is 0.209 e.